The van der Waals surface area contributed by atoms with E-state index in [1.807, 2.05) is 18.2 Å². The van der Waals surface area contributed by atoms with Gasteiger partial charge in [0.05, 0.1) is 19.8 Å². The van der Waals surface area contributed by atoms with Crippen LogP contribution in [0.15, 0.2) is 18.2 Å². The van der Waals surface area contributed by atoms with Gasteiger partial charge in [0.2, 0.25) is 0 Å². The van der Waals surface area contributed by atoms with Gasteiger partial charge in [0.25, 0.3) is 0 Å². The molecule has 0 saturated carbocycles. The molecule has 0 saturated heterocycles. The second-order valence-corrected chi connectivity index (χ2v) is 4.64. The normalized spacial score (nSPS) is 12.7. The Morgan fingerprint density at radius 1 is 1.37 bits per heavy atom. The van der Waals surface area contributed by atoms with E-state index < -0.39 is 0 Å². The number of nitrogens with zero attached hydrogens (tertiary/aromatic N) is 1. The van der Waals surface area contributed by atoms with E-state index in [-0.39, 0.29) is 6.04 Å². The van der Waals surface area contributed by atoms with Crippen LogP contribution in [0.2, 0.25) is 5.02 Å². The van der Waals surface area contributed by atoms with Crippen LogP contribution in [-0.2, 0) is 4.74 Å². The fourth-order valence-corrected chi connectivity index (χ4v) is 2.50. The first kappa shape index (κ1) is 16.2. The second-order valence-electron chi connectivity index (χ2n) is 4.23. The van der Waals surface area contributed by atoms with E-state index in [0.717, 1.165) is 24.4 Å². The first-order chi connectivity index (χ1) is 9.19. The summed E-state index contributed by atoms with van der Waals surface area (Å²) in [6.45, 7) is 4.93. The Morgan fingerprint density at radius 2 is 2.11 bits per heavy atom. The summed E-state index contributed by atoms with van der Waals surface area (Å²) in [7, 11) is 3.34. The number of hydrogen-bond acceptors (Lipinski definition) is 4. The molecule has 1 atom stereocenters. The van der Waals surface area contributed by atoms with Crippen LogP contribution < -0.4 is 10.5 Å². The zero-order chi connectivity index (χ0) is 14.3. The Kier molecular flexibility index (Phi) is 7.16. The Bertz CT molecular complexity index is 388. The van der Waals surface area contributed by atoms with Gasteiger partial charge in [-0.25, -0.2) is 0 Å². The topological polar surface area (TPSA) is 47.7 Å². The van der Waals surface area contributed by atoms with E-state index in [2.05, 4.69) is 11.8 Å². The van der Waals surface area contributed by atoms with E-state index >= 15 is 0 Å². The summed E-state index contributed by atoms with van der Waals surface area (Å²) >= 11 is 6.32. The zero-order valence-corrected chi connectivity index (χ0v) is 12.6. The predicted molar refractivity (Wildman–Crippen MR) is 78.9 cm³/mol. The summed E-state index contributed by atoms with van der Waals surface area (Å²) < 4.78 is 10.6. The molecule has 108 valence electrons. The maximum atomic E-state index is 6.32. The number of rotatable bonds is 8. The largest absolute Gasteiger partial charge is 0.496 e. The molecule has 0 aromatic heterocycles. The molecule has 1 aromatic rings. The van der Waals surface area contributed by atoms with E-state index in [1.54, 1.807) is 14.2 Å². The molecule has 0 aliphatic heterocycles. The number of halogens is 1. The number of likely N-dealkylation sites (N-methyl/N-ethyl adjacent to an activating group) is 1. The van der Waals surface area contributed by atoms with E-state index in [1.165, 1.54) is 0 Å². The molecule has 4 nitrogen and oxygen atoms in total. The molecule has 5 heteroatoms. The summed E-state index contributed by atoms with van der Waals surface area (Å²) in [5, 5.41) is 0.686. The van der Waals surface area contributed by atoms with Gasteiger partial charge in [-0.05, 0) is 18.7 Å². The van der Waals surface area contributed by atoms with Crippen molar-refractivity contribution < 1.29 is 9.47 Å². The lowest BCUT2D eigenvalue weighted by Crippen LogP contribution is -2.36. The van der Waals surface area contributed by atoms with Crippen LogP contribution >= 0.6 is 11.6 Å². The molecule has 0 spiro atoms. The molecule has 0 fully saturated rings. The number of nitrogens with two attached hydrogens (primary N) is 1. The Hall–Kier alpha value is -0.810. The highest BCUT2D eigenvalue weighted by Crippen LogP contribution is 2.34. The van der Waals surface area contributed by atoms with Gasteiger partial charge in [-0.2, -0.15) is 0 Å². The van der Waals surface area contributed by atoms with Gasteiger partial charge in [-0.3, -0.25) is 4.90 Å². The highest BCUT2D eigenvalue weighted by Gasteiger charge is 2.23. The minimum atomic E-state index is 0.0313. The molecule has 0 bridgehead atoms. The fraction of sp³-hybridized carbons (Fsp3) is 0.571. The fourth-order valence-electron chi connectivity index (χ4n) is 2.21. The number of hydrogen-bond donors (Lipinski definition) is 1. The van der Waals surface area contributed by atoms with Crippen LogP contribution in [0.3, 0.4) is 0 Å². The second kappa shape index (κ2) is 8.38. The summed E-state index contributed by atoms with van der Waals surface area (Å²) in [6.07, 6.45) is 0. The third-order valence-electron chi connectivity index (χ3n) is 3.22. The maximum absolute atomic E-state index is 6.32. The average Bonchev–Trinajstić information content (AvgIpc) is 2.44. The Labute approximate surface area is 120 Å². The third-order valence-corrected chi connectivity index (χ3v) is 3.55. The van der Waals surface area contributed by atoms with Crippen LogP contribution in [0.4, 0.5) is 0 Å². The first-order valence-electron chi connectivity index (χ1n) is 6.45. The standard InChI is InChI=1S/C14H23ClN2O2/c1-4-17(8-9-18-2)12(10-16)14-11(15)6-5-7-13(14)19-3/h5-7,12H,4,8-10,16H2,1-3H3. The SMILES string of the molecule is CCN(CCOC)C(CN)c1c(Cl)cccc1OC. The Balaban J connectivity index is 3.07. The number of ether oxygens (including phenoxy) is 2. The van der Waals surface area contributed by atoms with Crippen LogP contribution in [0.25, 0.3) is 0 Å². The van der Waals surface area contributed by atoms with Gasteiger partial charge >= 0.3 is 0 Å². The van der Waals surface area contributed by atoms with Crippen molar-refractivity contribution in [2.45, 2.75) is 13.0 Å². The highest BCUT2D eigenvalue weighted by atomic mass is 35.5. The average molecular weight is 287 g/mol. The summed E-state index contributed by atoms with van der Waals surface area (Å²) in [4.78, 5) is 2.24. The third kappa shape index (κ3) is 4.08. The first-order valence-corrected chi connectivity index (χ1v) is 6.82. The van der Waals surface area contributed by atoms with Crippen molar-refractivity contribution in [3.8, 4) is 5.75 Å². The molecule has 0 aliphatic carbocycles. The van der Waals surface area contributed by atoms with Crippen LogP contribution in [0.5, 0.6) is 5.75 Å². The van der Waals surface area contributed by atoms with Crippen molar-refractivity contribution in [1.29, 1.82) is 0 Å². The Morgan fingerprint density at radius 3 is 2.63 bits per heavy atom. The lowest BCUT2D eigenvalue weighted by molar-refractivity contribution is 0.124. The van der Waals surface area contributed by atoms with Gasteiger partial charge in [0, 0.05) is 30.8 Å². The van der Waals surface area contributed by atoms with E-state index in [4.69, 9.17) is 26.8 Å². The van der Waals surface area contributed by atoms with Crippen LogP contribution in [-0.4, -0.2) is 45.4 Å². The van der Waals surface area contributed by atoms with Crippen molar-refractivity contribution in [3.05, 3.63) is 28.8 Å². The molecule has 0 radical (unpaired) electrons. The van der Waals surface area contributed by atoms with Crippen LogP contribution in [0.1, 0.15) is 18.5 Å². The van der Waals surface area contributed by atoms with E-state index in [0.29, 0.717) is 18.2 Å². The van der Waals surface area contributed by atoms with E-state index in [9.17, 15) is 0 Å². The maximum Gasteiger partial charge on any atom is 0.125 e. The van der Waals surface area contributed by atoms with Gasteiger partial charge in [-0.1, -0.05) is 24.6 Å². The van der Waals surface area contributed by atoms with Gasteiger partial charge in [0.1, 0.15) is 5.75 Å². The van der Waals surface area contributed by atoms with Crippen molar-refractivity contribution in [1.82, 2.24) is 4.90 Å². The minimum Gasteiger partial charge on any atom is -0.496 e. The van der Waals surface area contributed by atoms with Crippen LogP contribution in [0, 0.1) is 0 Å². The van der Waals surface area contributed by atoms with Crippen molar-refractivity contribution in [2.24, 2.45) is 5.73 Å². The predicted octanol–water partition coefficient (Wildman–Crippen LogP) is 2.32. The van der Waals surface area contributed by atoms with Crippen molar-refractivity contribution >= 4 is 11.6 Å². The minimum absolute atomic E-state index is 0.0313. The smallest absolute Gasteiger partial charge is 0.125 e. The molecule has 1 unspecified atom stereocenters. The molecule has 2 N–H and O–H groups in total. The zero-order valence-electron chi connectivity index (χ0n) is 11.9. The molecule has 1 aromatic carbocycles. The molecular formula is C14H23ClN2O2. The lowest BCUT2D eigenvalue weighted by Gasteiger charge is -2.31. The quantitative estimate of drug-likeness (QED) is 0.797. The monoisotopic (exact) mass is 286 g/mol. The summed E-state index contributed by atoms with van der Waals surface area (Å²) in [6, 6.07) is 5.69. The number of methoxy groups -OCH3 is 2. The molecule has 0 amide bonds. The number of benzene rings is 1. The molecule has 0 aliphatic rings. The van der Waals surface area contributed by atoms with Gasteiger partial charge in [-0.15, -0.1) is 0 Å². The lowest BCUT2D eigenvalue weighted by atomic mass is 10.0. The molecule has 0 heterocycles. The summed E-state index contributed by atoms with van der Waals surface area (Å²) in [5.74, 6) is 0.777. The van der Waals surface area contributed by atoms with Crippen molar-refractivity contribution in [3.63, 3.8) is 0 Å². The van der Waals surface area contributed by atoms with Crippen molar-refractivity contribution in [2.75, 3.05) is 40.5 Å². The molecule has 1 rings (SSSR count). The highest BCUT2D eigenvalue weighted by molar-refractivity contribution is 6.31. The summed E-state index contributed by atoms with van der Waals surface area (Å²) in [5.41, 5.74) is 6.90. The molecular weight excluding hydrogens is 264 g/mol. The van der Waals surface area contributed by atoms with Gasteiger partial charge < -0.3 is 15.2 Å². The molecule has 19 heavy (non-hydrogen) atoms. The van der Waals surface area contributed by atoms with Gasteiger partial charge in [0.15, 0.2) is 0 Å².